The third-order valence-corrected chi connectivity index (χ3v) is 4.67. The van der Waals surface area contributed by atoms with Crippen molar-refractivity contribution in [2.45, 2.75) is 110 Å². The van der Waals surface area contributed by atoms with Crippen molar-refractivity contribution < 1.29 is 19.4 Å². The van der Waals surface area contributed by atoms with Crippen LogP contribution in [-0.4, -0.2) is 36.2 Å². The smallest absolute Gasteiger partial charge is 0.305 e. The highest BCUT2D eigenvalue weighted by molar-refractivity contribution is 5.72. The molecule has 1 unspecified atom stereocenters. The van der Waals surface area contributed by atoms with Gasteiger partial charge in [0, 0.05) is 19.9 Å². The molecule has 1 atom stereocenters. The second kappa shape index (κ2) is 20.4. The van der Waals surface area contributed by atoms with Gasteiger partial charge in [-0.3, -0.25) is 9.59 Å². The molecule has 0 saturated carbocycles. The van der Waals surface area contributed by atoms with Crippen molar-refractivity contribution in [3.63, 3.8) is 0 Å². The molecule has 2 N–H and O–H groups in total. The number of carbonyl (C=O) groups excluding carboxylic acids is 2. The molecule has 0 spiro atoms. The number of unbranched alkanes of at least 4 members (excludes halogenated alkanes) is 11. The van der Waals surface area contributed by atoms with Gasteiger partial charge in [-0.1, -0.05) is 70.4 Å². The van der Waals surface area contributed by atoms with Crippen LogP contribution >= 0.6 is 0 Å². The fraction of sp³-hybridized carbons (Fsp3) is 0.826. The van der Waals surface area contributed by atoms with E-state index in [1.54, 1.807) is 0 Å². The van der Waals surface area contributed by atoms with Crippen molar-refractivity contribution in [3.05, 3.63) is 12.2 Å². The number of aliphatic hydroxyl groups excluding tert-OH is 1. The van der Waals surface area contributed by atoms with E-state index < -0.39 is 6.10 Å². The second-order valence-electron chi connectivity index (χ2n) is 7.61. The third kappa shape index (κ3) is 20.9. The molecule has 0 rings (SSSR count). The first-order valence-corrected chi connectivity index (χ1v) is 11.3. The van der Waals surface area contributed by atoms with Gasteiger partial charge < -0.3 is 15.2 Å². The SMILES string of the molecule is CCCCCCCC/C=C\CCCCCCCC(=O)OCC(O)CNC(C)=O. The summed E-state index contributed by atoms with van der Waals surface area (Å²) in [5.41, 5.74) is 0. The topological polar surface area (TPSA) is 75.6 Å². The van der Waals surface area contributed by atoms with Crippen LogP contribution < -0.4 is 5.32 Å². The van der Waals surface area contributed by atoms with E-state index in [9.17, 15) is 14.7 Å². The van der Waals surface area contributed by atoms with Gasteiger partial charge in [0.1, 0.15) is 12.7 Å². The normalized spacial score (nSPS) is 12.2. The number of nitrogens with one attached hydrogen (secondary N) is 1. The van der Waals surface area contributed by atoms with Crippen molar-refractivity contribution in [1.29, 1.82) is 0 Å². The Morgan fingerprint density at radius 1 is 0.893 bits per heavy atom. The first-order chi connectivity index (χ1) is 13.6. The Hall–Kier alpha value is -1.36. The Morgan fingerprint density at radius 2 is 1.43 bits per heavy atom. The molecule has 5 nitrogen and oxygen atoms in total. The van der Waals surface area contributed by atoms with Gasteiger partial charge in [-0.25, -0.2) is 0 Å². The number of esters is 1. The minimum atomic E-state index is -0.845. The third-order valence-electron chi connectivity index (χ3n) is 4.67. The molecule has 0 aromatic carbocycles. The molecule has 0 radical (unpaired) electrons. The second-order valence-corrected chi connectivity index (χ2v) is 7.61. The van der Waals surface area contributed by atoms with E-state index in [1.165, 1.54) is 64.7 Å². The molecule has 5 heteroatoms. The van der Waals surface area contributed by atoms with Crippen LogP contribution in [0.25, 0.3) is 0 Å². The Bertz CT molecular complexity index is 409. The zero-order valence-corrected chi connectivity index (χ0v) is 18.2. The molecular formula is C23H43NO4. The van der Waals surface area contributed by atoms with Gasteiger partial charge in [0.15, 0.2) is 0 Å². The molecular weight excluding hydrogens is 354 g/mol. The molecule has 164 valence electrons. The van der Waals surface area contributed by atoms with E-state index >= 15 is 0 Å². The van der Waals surface area contributed by atoms with Crippen molar-refractivity contribution in [2.75, 3.05) is 13.2 Å². The zero-order valence-electron chi connectivity index (χ0n) is 18.2. The van der Waals surface area contributed by atoms with E-state index in [4.69, 9.17) is 4.74 Å². The molecule has 0 aliphatic carbocycles. The summed E-state index contributed by atoms with van der Waals surface area (Å²) in [6.45, 7) is 3.68. The Kier molecular flexibility index (Phi) is 19.4. The van der Waals surface area contributed by atoms with Crippen LogP contribution in [0.1, 0.15) is 104 Å². The van der Waals surface area contributed by atoms with Crippen molar-refractivity contribution in [2.24, 2.45) is 0 Å². The summed E-state index contributed by atoms with van der Waals surface area (Å²) in [5, 5.41) is 12.0. The number of hydrogen-bond donors (Lipinski definition) is 2. The Labute approximate surface area is 172 Å². The van der Waals surface area contributed by atoms with Crippen molar-refractivity contribution in [1.82, 2.24) is 5.32 Å². The lowest BCUT2D eigenvalue weighted by Crippen LogP contribution is -2.33. The molecule has 0 fully saturated rings. The van der Waals surface area contributed by atoms with Crippen LogP contribution in [-0.2, 0) is 14.3 Å². The molecule has 28 heavy (non-hydrogen) atoms. The van der Waals surface area contributed by atoms with Crippen LogP contribution in [0.3, 0.4) is 0 Å². The monoisotopic (exact) mass is 397 g/mol. The molecule has 0 aromatic heterocycles. The first kappa shape index (κ1) is 26.6. The van der Waals surface area contributed by atoms with Gasteiger partial charge >= 0.3 is 5.97 Å². The lowest BCUT2D eigenvalue weighted by Gasteiger charge is -2.11. The number of allylic oxidation sites excluding steroid dienone is 2. The number of amides is 1. The summed E-state index contributed by atoms with van der Waals surface area (Å²) in [6, 6.07) is 0. The van der Waals surface area contributed by atoms with Crippen molar-refractivity contribution >= 4 is 11.9 Å². The van der Waals surface area contributed by atoms with Crippen LogP contribution in [0.5, 0.6) is 0 Å². The van der Waals surface area contributed by atoms with Gasteiger partial charge in [0.2, 0.25) is 5.91 Å². The fourth-order valence-corrected chi connectivity index (χ4v) is 2.92. The summed E-state index contributed by atoms with van der Waals surface area (Å²) in [5.74, 6) is -0.488. The van der Waals surface area contributed by atoms with Gasteiger partial charge in [0.25, 0.3) is 0 Å². The van der Waals surface area contributed by atoms with Gasteiger partial charge in [-0.2, -0.15) is 0 Å². The molecule has 0 aromatic rings. The largest absolute Gasteiger partial charge is 0.463 e. The number of rotatable bonds is 19. The average Bonchev–Trinajstić information content (AvgIpc) is 2.67. The molecule has 0 aliphatic heterocycles. The molecule has 0 saturated heterocycles. The highest BCUT2D eigenvalue weighted by atomic mass is 16.5. The van der Waals surface area contributed by atoms with Crippen LogP contribution in [0.15, 0.2) is 12.2 Å². The number of carbonyl (C=O) groups is 2. The summed E-state index contributed by atoms with van der Waals surface area (Å²) in [6.07, 6.45) is 20.1. The quantitative estimate of drug-likeness (QED) is 0.181. The van der Waals surface area contributed by atoms with E-state index in [2.05, 4.69) is 24.4 Å². The number of aliphatic hydroxyl groups is 1. The first-order valence-electron chi connectivity index (χ1n) is 11.3. The minimum Gasteiger partial charge on any atom is -0.463 e. The maximum Gasteiger partial charge on any atom is 0.305 e. The van der Waals surface area contributed by atoms with Crippen LogP contribution in [0, 0.1) is 0 Å². The summed E-state index contributed by atoms with van der Waals surface area (Å²) < 4.78 is 5.01. The predicted molar refractivity (Wildman–Crippen MR) is 115 cm³/mol. The number of ether oxygens (including phenoxy) is 1. The van der Waals surface area contributed by atoms with Gasteiger partial charge in [-0.15, -0.1) is 0 Å². The van der Waals surface area contributed by atoms with E-state index in [1.807, 2.05) is 0 Å². The number of hydrogen-bond acceptors (Lipinski definition) is 4. The Balaban J connectivity index is 3.32. The maximum absolute atomic E-state index is 11.6. The predicted octanol–water partition coefficient (Wildman–Crippen LogP) is 5.06. The molecule has 0 bridgehead atoms. The van der Waals surface area contributed by atoms with Crippen LogP contribution in [0.2, 0.25) is 0 Å². The Morgan fingerprint density at radius 3 is 2.00 bits per heavy atom. The van der Waals surface area contributed by atoms with E-state index in [0.29, 0.717) is 6.42 Å². The molecule has 1 amide bonds. The average molecular weight is 398 g/mol. The maximum atomic E-state index is 11.6. The molecule has 0 aliphatic rings. The summed E-state index contributed by atoms with van der Waals surface area (Å²) in [7, 11) is 0. The van der Waals surface area contributed by atoms with Crippen molar-refractivity contribution in [3.8, 4) is 0 Å². The fourth-order valence-electron chi connectivity index (χ4n) is 2.92. The summed E-state index contributed by atoms with van der Waals surface area (Å²) in [4.78, 5) is 22.3. The van der Waals surface area contributed by atoms with Gasteiger partial charge in [-0.05, 0) is 32.1 Å². The van der Waals surface area contributed by atoms with Gasteiger partial charge in [0.05, 0.1) is 0 Å². The standard InChI is InChI=1S/C23H43NO4/c1-3-4-5-6-7-8-9-10-11-12-13-14-15-16-17-18-23(27)28-20-22(26)19-24-21(2)25/h10-11,22,26H,3-9,12-20H2,1-2H3,(H,24,25)/b11-10-. The highest BCUT2D eigenvalue weighted by Crippen LogP contribution is 2.10. The molecule has 0 heterocycles. The summed E-state index contributed by atoms with van der Waals surface area (Å²) >= 11 is 0. The highest BCUT2D eigenvalue weighted by Gasteiger charge is 2.09. The zero-order chi connectivity index (χ0) is 20.9. The lowest BCUT2D eigenvalue weighted by atomic mass is 10.1. The van der Waals surface area contributed by atoms with E-state index in [-0.39, 0.29) is 25.0 Å². The lowest BCUT2D eigenvalue weighted by molar-refractivity contribution is -0.146. The van der Waals surface area contributed by atoms with Crippen LogP contribution in [0.4, 0.5) is 0 Å². The minimum absolute atomic E-state index is 0.0653. The van der Waals surface area contributed by atoms with E-state index in [0.717, 1.165) is 25.7 Å².